The van der Waals surface area contributed by atoms with E-state index in [1.165, 1.54) is 41.5 Å². The molecule has 2 N–H and O–H groups in total. The molecule has 1 heterocycles. The quantitative estimate of drug-likeness (QED) is 0.807. The van der Waals surface area contributed by atoms with Gasteiger partial charge in [0, 0.05) is 19.0 Å². The zero-order chi connectivity index (χ0) is 19.3. The second kappa shape index (κ2) is 8.76. The van der Waals surface area contributed by atoms with E-state index in [9.17, 15) is 9.90 Å². The number of alkyl carbamates (subject to hydrolysis) is 1. The summed E-state index contributed by atoms with van der Waals surface area (Å²) in [5, 5.41) is 12.9. The minimum Gasteiger partial charge on any atom is -0.449 e. The Morgan fingerprint density at radius 1 is 1.04 bits per heavy atom. The molecule has 2 aromatic rings. The lowest BCUT2D eigenvalue weighted by molar-refractivity contribution is 0.0934. The summed E-state index contributed by atoms with van der Waals surface area (Å²) in [6.45, 7) is 3.17. The Kier molecular flexibility index (Phi) is 5.93. The SMILES string of the molecule is O=C(NC[C@H](O)CN1CCCCC1)OCC1c2ccccc2-c2ccccc21. The molecule has 0 aromatic heterocycles. The van der Waals surface area contributed by atoms with Crippen LogP contribution in [0.1, 0.15) is 36.3 Å². The highest BCUT2D eigenvalue weighted by atomic mass is 16.5. The number of rotatable bonds is 6. The van der Waals surface area contributed by atoms with Crippen LogP contribution in [0.5, 0.6) is 0 Å². The van der Waals surface area contributed by atoms with E-state index in [0.717, 1.165) is 13.1 Å². The third-order valence-corrected chi connectivity index (χ3v) is 5.74. The fraction of sp³-hybridized carbons (Fsp3) is 0.435. The van der Waals surface area contributed by atoms with E-state index >= 15 is 0 Å². The fourth-order valence-corrected chi connectivity index (χ4v) is 4.36. The molecule has 1 amide bonds. The van der Waals surface area contributed by atoms with Gasteiger partial charge in [-0.2, -0.15) is 0 Å². The number of nitrogens with zero attached hydrogens (tertiary/aromatic N) is 1. The molecule has 1 aliphatic carbocycles. The smallest absolute Gasteiger partial charge is 0.407 e. The first-order valence-corrected chi connectivity index (χ1v) is 10.2. The first kappa shape index (κ1) is 19.0. The van der Waals surface area contributed by atoms with E-state index in [-0.39, 0.29) is 12.5 Å². The Bertz CT molecular complexity index is 771. The number of piperidine rings is 1. The number of nitrogens with one attached hydrogen (secondary N) is 1. The van der Waals surface area contributed by atoms with Crippen LogP contribution in [0.2, 0.25) is 0 Å². The van der Waals surface area contributed by atoms with E-state index in [0.29, 0.717) is 13.2 Å². The summed E-state index contributed by atoms with van der Waals surface area (Å²) in [6.07, 6.45) is 2.60. The van der Waals surface area contributed by atoms with Crippen molar-refractivity contribution in [2.45, 2.75) is 31.3 Å². The lowest BCUT2D eigenvalue weighted by Crippen LogP contribution is -2.42. The molecule has 2 aromatic carbocycles. The van der Waals surface area contributed by atoms with Crippen LogP contribution in [0.4, 0.5) is 4.79 Å². The molecule has 1 fully saturated rings. The van der Waals surface area contributed by atoms with Crippen molar-refractivity contribution in [2.75, 3.05) is 32.8 Å². The lowest BCUT2D eigenvalue weighted by Gasteiger charge is -2.28. The molecule has 2 aliphatic rings. The van der Waals surface area contributed by atoms with Crippen LogP contribution in [-0.2, 0) is 4.74 Å². The first-order valence-electron chi connectivity index (χ1n) is 10.2. The van der Waals surface area contributed by atoms with Gasteiger partial charge in [-0.05, 0) is 48.2 Å². The third kappa shape index (κ3) is 4.21. The van der Waals surface area contributed by atoms with Gasteiger partial charge >= 0.3 is 6.09 Å². The Morgan fingerprint density at radius 3 is 2.29 bits per heavy atom. The predicted octanol–water partition coefficient (Wildman–Crippen LogP) is 3.37. The molecule has 1 atom stereocenters. The van der Waals surface area contributed by atoms with Crippen molar-refractivity contribution in [2.24, 2.45) is 0 Å². The molecular formula is C23H28N2O3. The van der Waals surface area contributed by atoms with Gasteiger partial charge in [-0.3, -0.25) is 0 Å². The average molecular weight is 380 g/mol. The number of β-amino-alcohol motifs (C(OH)–C–C–N with tert-alkyl or cyclic N) is 1. The highest BCUT2D eigenvalue weighted by Gasteiger charge is 2.29. The number of hydrogen-bond acceptors (Lipinski definition) is 4. The molecule has 148 valence electrons. The Hall–Kier alpha value is -2.37. The number of carbonyl (C=O) groups excluding carboxylic acids is 1. The number of aliphatic hydroxyl groups excluding tert-OH is 1. The van der Waals surface area contributed by atoms with Crippen LogP contribution < -0.4 is 5.32 Å². The zero-order valence-electron chi connectivity index (χ0n) is 16.1. The largest absolute Gasteiger partial charge is 0.449 e. The summed E-state index contributed by atoms with van der Waals surface area (Å²) in [6, 6.07) is 16.6. The number of likely N-dealkylation sites (tertiary alicyclic amines) is 1. The summed E-state index contributed by atoms with van der Waals surface area (Å²) >= 11 is 0. The van der Waals surface area contributed by atoms with Crippen molar-refractivity contribution >= 4 is 6.09 Å². The summed E-state index contributed by atoms with van der Waals surface area (Å²) in [7, 11) is 0. The Labute approximate surface area is 166 Å². The van der Waals surface area contributed by atoms with Gasteiger partial charge in [0.2, 0.25) is 0 Å². The van der Waals surface area contributed by atoms with Crippen molar-refractivity contribution in [1.29, 1.82) is 0 Å². The number of carbonyl (C=O) groups is 1. The molecule has 0 saturated carbocycles. The van der Waals surface area contributed by atoms with E-state index in [1.807, 2.05) is 24.3 Å². The van der Waals surface area contributed by atoms with Crippen molar-refractivity contribution in [3.05, 3.63) is 59.7 Å². The molecule has 0 spiro atoms. The van der Waals surface area contributed by atoms with Crippen LogP contribution in [0, 0.1) is 0 Å². The van der Waals surface area contributed by atoms with Crippen molar-refractivity contribution in [3.63, 3.8) is 0 Å². The average Bonchev–Trinajstić information content (AvgIpc) is 3.05. The van der Waals surface area contributed by atoms with Gasteiger partial charge in [-0.25, -0.2) is 4.79 Å². The van der Waals surface area contributed by atoms with Gasteiger partial charge in [0.1, 0.15) is 6.61 Å². The van der Waals surface area contributed by atoms with Crippen molar-refractivity contribution in [1.82, 2.24) is 10.2 Å². The molecule has 0 bridgehead atoms. The van der Waals surface area contributed by atoms with E-state index in [2.05, 4.69) is 34.5 Å². The monoisotopic (exact) mass is 380 g/mol. The lowest BCUT2D eigenvalue weighted by atomic mass is 9.98. The summed E-state index contributed by atoms with van der Waals surface area (Å²) in [4.78, 5) is 14.4. The zero-order valence-corrected chi connectivity index (χ0v) is 16.1. The highest BCUT2D eigenvalue weighted by molar-refractivity contribution is 5.79. The fourth-order valence-electron chi connectivity index (χ4n) is 4.36. The van der Waals surface area contributed by atoms with Gasteiger partial charge in [0.25, 0.3) is 0 Å². The Balaban J connectivity index is 1.29. The van der Waals surface area contributed by atoms with Gasteiger partial charge < -0.3 is 20.1 Å². The van der Waals surface area contributed by atoms with Crippen molar-refractivity contribution in [3.8, 4) is 11.1 Å². The maximum Gasteiger partial charge on any atom is 0.407 e. The van der Waals surface area contributed by atoms with Crippen LogP contribution in [0.15, 0.2) is 48.5 Å². The number of aliphatic hydroxyl groups is 1. The third-order valence-electron chi connectivity index (χ3n) is 5.74. The molecule has 4 rings (SSSR count). The van der Waals surface area contributed by atoms with Crippen molar-refractivity contribution < 1.29 is 14.6 Å². The molecule has 0 radical (unpaired) electrons. The molecular weight excluding hydrogens is 352 g/mol. The summed E-state index contributed by atoms with van der Waals surface area (Å²) < 4.78 is 5.51. The molecule has 1 saturated heterocycles. The van der Waals surface area contributed by atoms with E-state index in [4.69, 9.17) is 4.74 Å². The highest BCUT2D eigenvalue weighted by Crippen LogP contribution is 2.44. The number of hydrogen-bond donors (Lipinski definition) is 2. The van der Waals surface area contributed by atoms with Crippen LogP contribution >= 0.6 is 0 Å². The predicted molar refractivity (Wildman–Crippen MR) is 109 cm³/mol. The number of amides is 1. The summed E-state index contributed by atoms with van der Waals surface area (Å²) in [5.41, 5.74) is 4.82. The second-order valence-electron chi connectivity index (χ2n) is 7.72. The topological polar surface area (TPSA) is 61.8 Å². The van der Waals surface area contributed by atoms with Crippen LogP contribution in [0.3, 0.4) is 0 Å². The minimum atomic E-state index is -0.571. The van der Waals surface area contributed by atoms with Crippen LogP contribution in [0.25, 0.3) is 11.1 Å². The van der Waals surface area contributed by atoms with Crippen LogP contribution in [-0.4, -0.2) is 55.0 Å². The van der Waals surface area contributed by atoms with Gasteiger partial charge in [-0.15, -0.1) is 0 Å². The normalized spacial score (nSPS) is 17.6. The number of fused-ring (bicyclic) bond motifs is 3. The second-order valence-corrected chi connectivity index (χ2v) is 7.72. The first-order chi connectivity index (χ1) is 13.7. The van der Waals surface area contributed by atoms with E-state index in [1.54, 1.807) is 0 Å². The van der Waals surface area contributed by atoms with Gasteiger partial charge in [0.15, 0.2) is 0 Å². The molecule has 5 nitrogen and oxygen atoms in total. The minimum absolute atomic E-state index is 0.0522. The maximum absolute atomic E-state index is 12.2. The van der Waals surface area contributed by atoms with E-state index < -0.39 is 12.2 Å². The standard InChI is InChI=1S/C23H28N2O3/c26-17(15-25-12-6-1-7-13-25)14-24-23(27)28-16-22-20-10-4-2-8-18(20)19-9-3-5-11-21(19)22/h2-5,8-11,17,22,26H,1,6-7,12-16H2,(H,24,27)/t17-/m0/s1. The molecule has 5 heteroatoms. The molecule has 28 heavy (non-hydrogen) atoms. The Morgan fingerprint density at radius 2 is 1.64 bits per heavy atom. The molecule has 0 unspecified atom stereocenters. The number of benzene rings is 2. The van der Waals surface area contributed by atoms with Gasteiger partial charge in [-0.1, -0.05) is 55.0 Å². The number of ether oxygens (including phenoxy) is 1. The summed E-state index contributed by atoms with van der Waals surface area (Å²) in [5.74, 6) is 0.0522. The maximum atomic E-state index is 12.2. The van der Waals surface area contributed by atoms with Gasteiger partial charge in [0.05, 0.1) is 6.10 Å². The molecule has 1 aliphatic heterocycles.